The van der Waals surface area contributed by atoms with Gasteiger partial charge in [0.1, 0.15) is 23.7 Å². The quantitative estimate of drug-likeness (QED) is 0.253. The van der Waals surface area contributed by atoms with Crippen LogP contribution < -0.4 is 10.1 Å². The van der Waals surface area contributed by atoms with Gasteiger partial charge in [-0.3, -0.25) is 4.79 Å². The summed E-state index contributed by atoms with van der Waals surface area (Å²) < 4.78 is 11.6. The number of nitroso groups, excluding NO2 is 1. The lowest BCUT2D eigenvalue weighted by Gasteiger charge is -2.10. The van der Waals surface area contributed by atoms with Gasteiger partial charge >= 0.3 is 0 Å². The van der Waals surface area contributed by atoms with E-state index in [1.54, 1.807) is 7.11 Å². The zero-order valence-corrected chi connectivity index (χ0v) is 19.5. The molecule has 5 rings (SSSR count). The van der Waals surface area contributed by atoms with Crippen LogP contribution in [-0.4, -0.2) is 23.0 Å². The second kappa shape index (κ2) is 10.2. The van der Waals surface area contributed by atoms with E-state index in [-0.39, 0.29) is 6.42 Å². The van der Waals surface area contributed by atoms with E-state index in [9.17, 15) is 9.70 Å². The Morgan fingerprint density at radius 1 is 0.972 bits per heavy atom. The fraction of sp³-hybridized carbons (Fsp3) is 0.107. The van der Waals surface area contributed by atoms with Crippen molar-refractivity contribution in [2.45, 2.75) is 12.8 Å². The molecule has 0 fully saturated rings. The molecular weight excluding hydrogens is 456 g/mol. The van der Waals surface area contributed by atoms with Crippen LogP contribution in [0.4, 0.5) is 11.5 Å². The van der Waals surface area contributed by atoms with Gasteiger partial charge in [0.15, 0.2) is 0 Å². The molecule has 0 spiro atoms. The summed E-state index contributed by atoms with van der Waals surface area (Å²) in [6.45, 7) is 0. The molecule has 5 aromatic rings. The summed E-state index contributed by atoms with van der Waals surface area (Å²) in [6, 6.07) is 25.2. The Kier molecular flexibility index (Phi) is 6.48. The monoisotopic (exact) mass is 478 g/mol. The van der Waals surface area contributed by atoms with Crippen LogP contribution >= 0.6 is 0 Å². The first kappa shape index (κ1) is 22.9. The van der Waals surface area contributed by atoms with Gasteiger partial charge in [-0.05, 0) is 41.8 Å². The predicted octanol–water partition coefficient (Wildman–Crippen LogP) is 6.53. The highest BCUT2D eigenvalue weighted by molar-refractivity contribution is 6.06. The van der Waals surface area contributed by atoms with Crippen molar-refractivity contribution in [1.29, 1.82) is 0 Å². The summed E-state index contributed by atoms with van der Waals surface area (Å²) in [6.07, 6.45) is 1.94. The average Bonchev–Trinajstić information content (AvgIpc) is 3.33. The second-order valence-corrected chi connectivity index (χ2v) is 8.11. The maximum atomic E-state index is 11.3. The summed E-state index contributed by atoms with van der Waals surface area (Å²) in [4.78, 5) is 30.6. The average molecular weight is 479 g/mol. The number of benzene rings is 3. The van der Waals surface area contributed by atoms with E-state index < -0.39 is 5.91 Å². The number of hydrogen-bond donors (Lipinski definition) is 1. The van der Waals surface area contributed by atoms with Crippen LogP contribution in [-0.2, 0) is 11.2 Å². The Morgan fingerprint density at radius 3 is 2.53 bits per heavy atom. The number of carbonyl (C=O) groups is 1. The van der Waals surface area contributed by atoms with Gasteiger partial charge in [0, 0.05) is 28.4 Å². The van der Waals surface area contributed by atoms with Crippen LogP contribution in [0.5, 0.6) is 5.75 Å². The summed E-state index contributed by atoms with van der Waals surface area (Å²) in [5.41, 5.74) is 4.84. The molecule has 0 unspecified atom stereocenters. The van der Waals surface area contributed by atoms with E-state index in [4.69, 9.17) is 9.15 Å². The Hall–Kier alpha value is -4.85. The van der Waals surface area contributed by atoms with Crippen LogP contribution in [0.1, 0.15) is 12.0 Å². The molecule has 0 aliphatic carbocycles. The minimum absolute atomic E-state index is 0.0640. The van der Waals surface area contributed by atoms with E-state index >= 15 is 0 Å². The van der Waals surface area contributed by atoms with Crippen LogP contribution in [0.3, 0.4) is 0 Å². The second-order valence-electron chi connectivity index (χ2n) is 8.11. The number of rotatable bonds is 8. The summed E-state index contributed by atoms with van der Waals surface area (Å²) in [7, 11) is 1.63. The highest BCUT2D eigenvalue weighted by atomic mass is 16.5. The third-order valence-electron chi connectivity index (χ3n) is 5.82. The van der Waals surface area contributed by atoms with Crippen molar-refractivity contribution in [2.24, 2.45) is 5.18 Å². The number of aromatic nitrogens is 2. The molecule has 8 nitrogen and oxygen atoms in total. The first-order chi connectivity index (χ1) is 17.7. The molecule has 0 atom stereocenters. The number of methoxy groups -OCH3 is 1. The van der Waals surface area contributed by atoms with Crippen molar-refractivity contribution in [3.8, 4) is 28.2 Å². The Bertz CT molecular complexity index is 1530. The molecule has 0 aliphatic heterocycles. The number of nitrogens with one attached hydrogen (secondary N) is 1. The van der Waals surface area contributed by atoms with Gasteiger partial charge < -0.3 is 14.5 Å². The molecule has 2 heterocycles. The van der Waals surface area contributed by atoms with Crippen LogP contribution in [0, 0.1) is 4.91 Å². The number of carbonyl (C=O) groups excluding carboxylic acids is 1. The third kappa shape index (κ3) is 4.69. The van der Waals surface area contributed by atoms with Crippen molar-refractivity contribution in [3.05, 3.63) is 95.7 Å². The molecule has 3 aromatic carbocycles. The SMILES string of the molecule is COc1ccc(-c2c(-c3ccccc3)oc3ncnc(Nc4cccc(CCC(=O)N=O)c4)c23)cc1. The van der Waals surface area contributed by atoms with Crippen molar-refractivity contribution < 1.29 is 13.9 Å². The van der Waals surface area contributed by atoms with E-state index in [0.29, 0.717) is 23.7 Å². The number of aryl methyl sites for hydroxylation is 1. The lowest BCUT2D eigenvalue weighted by Crippen LogP contribution is -1.98. The van der Waals surface area contributed by atoms with Crippen LogP contribution in [0.2, 0.25) is 0 Å². The first-order valence-electron chi connectivity index (χ1n) is 11.4. The summed E-state index contributed by atoms with van der Waals surface area (Å²) in [5.74, 6) is 1.36. The fourth-order valence-electron chi connectivity index (χ4n) is 4.09. The summed E-state index contributed by atoms with van der Waals surface area (Å²) in [5, 5.41) is 6.59. The molecule has 0 aliphatic rings. The molecule has 1 N–H and O–H groups in total. The number of hydrogen-bond acceptors (Lipinski definition) is 7. The van der Waals surface area contributed by atoms with Gasteiger partial charge in [0.25, 0.3) is 5.91 Å². The molecule has 8 heteroatoms. The fourth-order valence-corrected chi connectivity index (χ4v) is 4.09. The molecule has 0 saturated carbocycles. The van der Waals surface area contributed by atoms with Crippen LogP contribution in [0.25, 0.3) is 33.6 Å². The smallest absolute Gasteiger partial charge is 0.286 e. The number of ether oxygens (including phenoxy) is 1. The Labute approximate surface area is 206 Å². The van der Waals surface area contributed by atoms with Gasteiger partial charge in [-0.15, -0.1) is 4.91 Å². The molecule has 2 aromatic heterocycles. The molecule has 1 amide bonds. The van der Waals surface area contributed by atoms with Gasteiger partial charge in [0.05, 0.1) is 12.5 Å². The Morgan fingerprint density at radius 2 is 1.78 bits per heavy atom. The van der Waals surface area contributed by atoms with E-state index in [1.807, 2.05) is 78.9 Å². The number of anilines is 2. The van der Waals surface area contributed by atoms with Gasteiger partial charge in [-0.25, -0.2) is 9.97 Å². The zero-order valence-electron chi connectivity index (χ0n) is 19.5. The minimum Gasteiger partial charge on any atom is -0.497 e. The van der Waals surface area contributed by atoms with Crippen molar-refractivity contribution in [1.82, 2.24) is 9.97 Å². The predicted molar refractivity (Wildman–Crippen MR) is 138 cm³/mol. The molecule has 178 valence electrons. The highest BCUT2D eigenvalue weighted by Crippen LogP contribution is 2.43. The molecule has 0 saturated heterocycles. The zero-order chi connectivity index (χ0) is 24.9. The summed E-state index contributed by atoms with van der Waals surface area (Å²) >= 11 is 0. The van der Waals surface area contributed by atoms with E-state index in [0.717, 1.165) is 39.1 Å². The van der Waals surface area contributed by atoms with Crippen molar-refractivity contribution >= 4 is 28.5 Å². The van der Waals surface area contributed by atoms with Crippen LogP contribution in [0.15, 0.2) is 94.8 Å². The maximum Gasteiger partial charge on any atom is 0.286 e. The number of fused-ring (bicyclic) bond motifs is 1. The molecule has 0 radical (unpaired) electrons. The topological polar surface area (TPSA) is 107 Å². The largest absolute Gasteiger partial charge is 0.497 e. The lowest BCUT2D eigenvalue weighted by atomic mass is 9.99. The van der Waals surface area contributed by atoms with E-state index in [2.05, 4.69) is 20.5 Å². The normalized spacial score (nSPS) is 10.8. The van der Waals surface area contributed by atoms with Crippen molar-refractivity contribution in [3.63, 3.8) is 0 Å². The molecular formula is C28H22N4O4. The van der Waals surface area contributed by atoms with Gasteiger partial charge in [0.2, 0.25) is 5.71 Å². The first-order valence-corrected chi connectivity index (χ1v) is 11.4. The number of nitrogens with zero attached hydrogens (tertiary/aromatic N) is 3. The third-order valence-corrected chi connectivity index (χ3v) is 5.82. The van der Waals surface area contributed by atoms with Gasteiger partial charge in [-0.1, -0.05) is 54.6 Å². The lowest BCUT2D eigenvalue weighted by molar-refractivity contribution is -0.117. The standard InChI is InChI=1S/C28H22N4O4/c1-35-22-13-11-19(12-14-22)24-25-27(31-21-9-5-6-18(16-21)10-15-23(33)32-34)29-17-30-28(25)36-26(24)20-7-3-2-4-8-20/h2-9,11-14,16-17H,10,15H2,1H3,(H,29,30,31). The van der Waals surface area contributed by atoms with Gasteiger partial charge in [-0.2, -0.15) is 0 Å². The maximum absolute atomic E-state index is 11.3. The van der Waals surface area contributed by atoms with Crippen molar-refractivity contribution in [2.75, 3.05) is 12.4 Å². The molecule has 0 bridgehead atoms. The number of amides is 1. The Balaban J connectivity index is 1.61. The highest BCUT2D eigenvalue weighted by Gasteiger charge is 2.22. The van der Waals surface area contributed by atoms with E-state index in [1.165, 1.54) is 6.33 Å². The molecule has 36 heavy (non-hydrogen) atoms. The number of furan rings is 1. The minimum atomic E-state index is -0.665.